The predicted octanol–water partition coefficient (Wildman–Crippen LogP) is 3.06. The molecule has 2 rings (SSSR count). The lowest BCUT2D eigenvalue weighted by atomic mass is 10.1. The lowest BCUT2D eigenvalue weighted by Gasteiger charge is -2.21. The van der Waals surface area contributed by atoms with Gasteiger partial charge in [-0.25, -0.2) is 8.78 Å². The summed E-state index contributed by atoms with van der Waals surface area (Å²) in [5.74, 6) is -0.221. The molecule has 1 unspecified atom stereocenters. The topological polar surface area (TPSA) is 36.9 Å². The number of guanidine groups is 1. The molecule has 0 spiro atoms. The van der Waals surface area contributed by atoms with Crippen molar-refractivity contribution in [2.45, 2.75) is 19.8 Å². The van der Waals surface area contributed by atoms with Gasteiger partial charge in [-0.05, 0) is 31.4 Å². The third kappa shape index (κ3) is 5.84. The standard InChI is InChI=1S/C17H25F2N3O.HI/c1-3-20-17(22-10-8-13(11-22)12-23-2)21-9-7-14-5-4-6-15(18)16(14)19;/h4-6,13H,3,7-12H2,1-2H3,(H,20,21);1H. The van der Waals surface area contributed by atoms with Gasteiger partial charge in [-0.2, -0.15) is 0 Å². The molecule has 0 saturated carbocycles. The summed E-state index contributed by atoms with van der Waals surface area (Å²) in [6.07, 6.45) is 1.46. The van der Waals surface area contributed by atoms with Crippen LogP contribution in [0.2, 0.25) is 0 Å². The van der Waals surface area contributed by atoms with E-state index in [0.717, 1.165) is 44.7 Å². The molecule has 0 radical (unpaired) electrons. The molecule has 1 atom stereocenters. The van der Waals surface area contributed by atoms with Crippen molar-refractivity contribution in [1.29, 1.82) is 0 Å². The van der Waals surface area contributed by atoms with E-state index in [0.29, 0.717) is 24.4 Å². The maximum Gasteiger partial charge on any atom is 0.193 e. The summed E-state index contributed by atoms with van der Waals surface area (Å²) >= 11 is 0. The number of nitrogens with one attached hydrogen (secondary N) is 1. The molecule has 0 aliphatic carbocycles. The minimum absolute atomic E-state index is 0. The van der Waals surface area contributed by atoms with Crippen molar-refractivity contribution in [3.05, 3.63) is 35.4 Å². The first-order valence-corrected chi connectivity index (χ1v) is 8.10. The van der Waals surface area contributed by atoms with Gasteiger partial charge in [-0.1, -0.05) is 12.1 Å². The van der Waals surface area contributed by atoms with Gasteiger partial charge in [0.25, 0.3) is 0 Å². The first-order valence-electron chi connectivity index (χ1n) is 8.10. The maximum absolute atomic E-state index is 13.6. The Morgan fingerprint density at radius 2 is 2.21 bits per heavy atom. The molecule has 1 heterocycles. The molecular formula is C17H26F2IN3O. The van der Waals surface area contributed by atoms with Gasteiger partial charge in [-0.3, -0.25) is 4.99 Å². The SMILES string of the molecule is CCNC(=NCCc1cccc(F)c1F)N1CCC(COC)C1.I. The lowest BCUT2D eigenvalue weighted by Crippen LogP contribution is -2.40. The van der Waals surface area contributed by atoms with Gasteiger partial charge >= 0.3 is 0 Å². The zero-order valence-electron chi connectivity index (χ0n) is 14.2. The minimum atomic E-state index is -0.805. The molecule has 1 aliphatic rings. The van der Waals surface area contributed by atoms with E-state index in [-0.39, 0.29) is 24.0 Å². The molecule has 1 fully saturated rings. The first-order chi connectivity index (χ1) is 11.2. The highest BCUT2D eigenvalue weighted by molar-refractivity contribution is 14.0. The number of hydrogen-bond donors (Lipinski definition) is 1. The number of rotatable bonds is 6. The van der Waals surface area contributed by atoms with Crippen molar-refractivity contribution in [1.82, 2.24) is 10.2 Å². The van der Waals surface area contributed by atoms with E-state index in [1.807, 2.05) is 6.92 Å². The van der Waals surface area contributed by atoms with E-state index in [9.17, 15) is 8.78 Å². The van der Waals surface area contributed by atoms with E-state index >= 15 is 0 Å². The summed E-state index contributed by atoms with van der Waals surface area (Å²) < 4.78 is 32.1. The van der Waals surface area contributed by atoms with E-state index in [1.165, 1.54) is 6.07 Å². The zero-order chi connectivity index (χ0) is 16.7. The number of hydrogen-bond acceptors (Lipinski definition) is 2. The Morgan fingerprint density at radius 1 is 1.42 bits per heavy atom. The number of halogens is 3. The van der Waals surface area contributed by atoms with Crippen LogP contribution in [-0.2, 0) is 11.2 Å². The van der Waals surface area contributed by atoms with Crippen LogP contribution in [0.5, 0.6) is 0 Å². The van der Waals surface area contributed by atoms with Crippen LogP contribution in [0.1, 0.15) is 18.9 Å². The lowest BCUT2D eigenvalue weighted by molar-refractivity contribution is 0.157. The second-order valence-corrected chi connectivity index (χ2v) is 5.75. The van der Waals surface area contributed by atoms with Crippen LogP contribution >= 0.6 is 24.0 Å². The van der Waals surface area contributed by atoms with Gasteiger partial charge in [0.1, 0.15) is 0 Å². The van der Waals surface area contributed by atoms with Gasteiger partial charge in [0.2, 0.25) is 0 Å². The van der Waals surface area contributed by atoms with Crippen LogP contribution in [-0.4, -0.2) is 50.8 Å². The molecule has 24 heavy (non-hydrogen) atoms. The average molecular weight is 453 g/mol. The Bertz CT molecular complexity index is 543. The minimum Gasteiger partial charge on any atom is -0.384 e. The summed E-state index contributed by atoms with van der Waals surface area (Å²) in [5, 5.41) is 3.27. The van der Waals surface area contributed by atoms with Crippen molar-refractivity contribution in [2.24, 2.45) is 10.9 Å². The fraction of sp³-hybridized carbons (Fsp3) is 0.588. The molecule has 4 nitrogen and oxygen atoms in total. The van der Waals surface area contributed by atoms with Crippen molar-refractivity contribution < 1.29 is 13.5 Å². The van der Waals surface area contributed by atoms with E-state index in [2.05, 4.69) is 15.2 Å². The van der Waals surface area contributed by atoms with Crippen molar-refractivity contribution in [3.8, 4) is 0 Å². The smallest absolute Gasteiger partial charge is 0.193 e. The zero-order valence-corrected chi connectivity index (χ0v) is 16.6. The second kappa shape index (κ2) is 10.8. The Balaban J connectivity index is 0.00000288. The molecule has 0 bridgehead atoms. The summed E-state index contributed by atoms with van der Waals surface area (Å²) in [4.78, 5) is 6.76. The summed E-state index contributed by atoms with van der Waals surface area (Å²) in [7, 11) is 1.72. The van der Waals surface area contributed by atoms with Crippen LogP contribution in [0.4, 0.5) is 8.78 Å². The fourth-order valence-electron chi connectivity index (χ4n) is 2.85. The average Bonchev–Trinajstić information content (AvgIpc) is 2.99. The van der Waals surface area contributed by atoms with Crippen LogP contribution in [0, 0.1) is 17.6 Å². The Labute approximate surface area is 159 Å². The van der Waals surface area contributed by atoms with Gasteiger partial charge in [0.15, 0.2) is 17.6 Å². The van der Waals surface area contributed by atoms with E-state index in [1.54, 1.807) is 13.2 Å². The van der Waals surface area contributed by atoms with Crippen LogP contribution in [0.3, 0.4) is 0 Å². The number of methoxy groups -OCH3 is 1. The van der Waals surface area contributed by atoms with Crippen LogP contribution < -0.4 is 5.32 Å². The van der Waals surface area contributed by atoms with Crippen LogP contribution in [0.15, 0.2) is 23.2 Å². The molecular weight excluding hydrogens is 427 g/mol. The van der Waals surface area contributed by atoms with Gasteiger partial charge < -0.3 is 15.0 Å². The normalized spacial score (nSPS) is 17.8. The predicted molar refractivity (Wildman–Crippen MR) is 103 cm³/mol. The molecule has 1 aromatic carbocycles. The molecule has 1 aromatic rings. The summed E-state index contributed by atoms with van der Waals surface area (Å²) in [5.41, 5.74) is 0.364. The highest BCUT2D eigenvalue weighted by Gasteiger charge is 2.24. The Kier molecular flexibility index (Phi) is 9.50. The monoisotopic (exact) mass is 453 g/mol. The van der Waals surface area contributed by atoms with Crippen molar-refractivity contribution >= 4 is 29.9 Å². The van der Waals surface area contributed by atoms with E-state index in [4.69, 9.17) is 4.74 Å². The van der Waals surface area contributed by atoms with Gasteiger partial charge in [-0.15, -0.1) is 24.0 Å². The first kappa shape index (κ1) is 21.1. The quantitative estimate of drug-likeness (QED) is 0.409. The molecule has 1 saturated heterocycles. The number of nitrogens with zero attached hydrogens (tertiary/aromatic N) is 2. The summed E-state index contributed by atoms with van der Waals surface area (Å²) in [6.45, 7) is 5.82. The van der Waals surface area contributed by atoms with Crippen LogP contribution in [0.25, 0.3) is 0 Å². The Morgan fingerprint density at radius 3 is 2.92 bits per heavy atom. The third-order valence-corrected chi connectivity index (χ3v) is 4.00. The number of ether oxygens (including phenoxy) is 1. The molecule has 1 aliphatic heterocycles. The van der Waals surface area contributed by atoms with E-state index < -0.39 is 11.6 Å². The number of aliphatic imine (C=N–C) groups is 1. The molecule has 7 heteroatoms. The number of benzene rings is 1. The second-order valence-electron chi connectivity index (χ2n) is 5.75. The maximum atomic E-state index is 13.6. The highest BCUT2D eigenvalue weighted by atomic mass is 127. The van der Waals surface area contributed by atoms with Gasteiger partial charge in [0.05, 0.1) is 6.61 Å². The third-order valence-electron chi connectivity index (χ3n) is 4.00. The van der Waals surface area contributed by atoms with Crippen molar-refractivity contribution in [2.75, 3.05) is 39.9 Å². The molecule has 0 aromatic heterocycles. The highest BCUT2D eigenvalue weighted by Crippen LogP contribution is 2.17. The Hall–Kier alpha value is -0.960. The molecule has 1 N–H and O–H groups in total. The fourth-order valence-corrected chi connectivity index (χ4v) is 2.85. The van der Waals surface area contributed by atoms with Crippen molar-refractivity contribution in [3.63, 3.8) is 0 Å². The summed E-state index contributed by atoms with van der Waals surface area (Å²) in [6, 6.07) is 4.26. The van der Waals surface area contributed by atoms with Gasteiger partial charge in [0, 0.05) is 39.2 Å². The molecule has 0 amide bonds. The largest absolute Gasteiger partial charge is 0.384 e. The molecule has 136 valence electrons. The number of likely N-dealkylation sites (tertiary alicyclic amines) is 1.